The summed E-state index contributed by atoms with van der Waals surface area (Å²) < 4.78 is 35.3. The van der Waals surface area contributed by atoms with Crippen molar-refractivity contribution in [3.05, 3.63) is 52.1 Å². The predicted octanol–water partition coefficient (Wildman–Crippen LogP) is 3.01. The Morgan fingerprint density at radius 1 is 1.15 bits per heavy atom. The van der Waals surface area contributed by atoms with Crippen molar-refractivity contribution in [2.75, 3.05) is 41.0 Å². The first kappa shape index (κ1) is 26.7. The number of benzene rings is 2. The molecule has 1 fully saturated rings. The zero-order chi connectivity index (χ0) is 28.1. The van der Waals surface area contributed by atoms with Crippen LogP contribution in [-0.4, -0.2) is 69.2 Å². The third-order valence-electron chi connectivity index (χ3n) is 8.58. The maximum Gasteiger partial charge on any atom is 0.231 e. The number of rotatable bonds is 8. The van der Waals surface area contributed by atoms with Gasteiger partial charge >= 0.3 is 0 Å². The van der Waals surface area contributed by atoms with E-state index in [1.807, 2.05) is 13.8 Å². The number of aliphatic hydroxyl groups is 1. The van der Waals surface area contributed by atoms with Crippen molar-refractivity contribution in [3.63, 3.8) is 0 Å². The highest BCUT2D eigenvalue weighted by atomic mass is 16.7. The van der Waals surface area contributed by atoms with Crippen LogP contribution in [0.3, 0.4) is 0 Å². The molecule has 0 amide bonds. The molecule has 5 atom stereocenters. The maximum absolute atomic E-state index is 10.9. The lowest BCUT2D eigenvalue weighted by Gasteiger charge is -2.56. The summed E-state index contributed by atoms with van der Waals surface area (Å²) in [5.74, 6) is 3.26. The largest absolute Gasteiger partial charge is 0.493 e. The molecule has 212 valence electrons. The molecule has 0 radical (unpaired) electrons. The maximum atomic E-state index is 10.9. The summed E-state index contributed by atoms with van der Waals surface area (Å²) in [5.41, 5.74) is 5.70. The topological polar surface area (TPSA) is 115 Å². The number of piperazine rings is 1. The number of nitrogens with zero attached hydrogens (tertiary/aromatic N) is 2. The number of nitriles is 1. The van der Waals surface area contributed by atoms with Gasteiger partial charge in [-0.05, 0) is 37.8 Å². The first-order chi connectivity index (χ1) is 19.5. The summed E-state index contributed by atoms with van der Waals surface area (Å²) >= 11 is 0. The number of methoxy groups -OCH3 is 2. The third-order valence-corrected chi connectivity index (χ3v) is 8.58. The number of fused-ring (bicyclic) bond motifs is 9. The summed E-state index contributed by atoms with van der Waals surface area (Å²) in [4.78, 5) is 2.16. The summed E-state index contributed by atoms with van der Waals surface area (Å²) in [6, 6.07) is 3.16. The Kier molecular flexibility index (Phi) is 7.00. The van der Waals surface area contributed by atoms with Crippen molar-refractivity contribution >= 4 is 0 Å². The summed E-state index contributed by atoms with van der Waals surface area (Å²) in [7, 11) is 3.23. The Bertz CT molecular complexity index is 1390. The normalized spacial score (nSPS) is 25.8. The smallest absolute Gasteiger partial charge is 0.231 e. The highest BCUT2D eigenvalue weighted by Crippen LogP contribution is 2.56. The molecule has 40 heavy (non-hydrogen) atoms. The zero-order valence-corrected chi connectivity index (χ0v) is 23.3. The lowest BCUT2D eigenvalue weighted by atomic mass is 9.72. The summed E-state index contributed by atoms with van der Waals surface area (Å²) in [6.07, 6.45) is 2.89. The van der Waals surface area contributed by atoms with Crippen molar-refractivity contribution < 1.29 is 33.5 Å². The minimum absolute atomic E-state index is 0.0713. The Hall–Kier alpha value is -3.49. The predicted molar refractivity (Wildman–Crippen MR) is 145 cm³/mol. The molecule has 4 heterocycles. The summed E-state index contributed by atoms with van der Waals surface area (Å²) in [6.45, 7) is 8.07. The number of ether oxygens (including phenoxy) is 6. The molecule has 4 aliphatic heterocycles. The molecular weight excluding hydrogens is 514 g/mol. The van der Waals surface area contributed by atoms with E-state index in [4.69, 9.17) is 28.4 Å². The lowest BCUT2D eigenvalue weighted by Crippen LogP contribution is -2.68. The van der Waals surface area contributed by atoms with Crippen molar-refractivity contribution in [3.8, 4) is 34.8 Å². The van der Waals surface area contributed by atoms with Gasteiger partial charge in [-0.3, -0.25) is 4.90 Å². The van der Waals surface area contributed by atoms with E-state index in [1.54, 1.807) is 20.3 Å². The van der Waals surface area contributed by atoms with Gasteiger partial charge in [0.05, 0.1) is 31.9 Å². The second kappa shape index (κ2) is 10.5. The van der Waals surface area contributed by atoms with Gasteiger partial charge in [0, 0.05) is 41.4 Å². The SMILES string of the molecule is C=CCOc1c(C)c2c(c3c1CC1[C@H]4N[C@H](Cc5cc(C)c(OC)c(OCOC)c54)[C@H](C#N)N1[C@H]3CO)OCO2. The van der Waals surface area contributed by atoms with E-state index in [0.29, 0.717) is 48.2 Å². The van der Waals surface area contributed by atoms with Crippen LogP contribution in [0, 0.1) is 25.2 Å². The zero-order valence-electron chi connectivity index (χ0n) is 23.3. The number of aliphatic hydroxyl groups excluding tert-OH is 1. The highest BCUT2D eigenvalue weighted by Gasteiger charge is 2.54. The highest BCUT2D eigenvalue weighted by molar-refractivity contribution is 5.66. The van der Waals surface area contributed by atoms with Crippen LogP contribution in [0.2, 0.25) is 0 Å². The third kappa shape index (κ3) is 3.84. The fourth-order valence-electron chi connectivity index (χ4n) is 7.17. The van der Waals surface area contributed by atoms with Gasteiger partial charge < -0.3 is 38.8 Å². The van der Waals surface area contributed by atoms with E-state index in [2.05, 4.69) is 28.9 Å². The van der Waals surface area contributed by atoms with E-state index in [0.717, 1.165) is 33.4 Å². The molecule has 1 unspecified atom stereocenters. The van der Waals surface area contributed by atoms with Crippen LogP contribution in [-0.2, 0) is 17.6 Å². The van der Waals surface area contributed by atoms with E-state index in [-0.39, 0.29) is 38.3 Å². The van der Waals surface area contributed by atoms with Crippen LogP contribution in [0.5, 0.6) is 28.7 Å². The van der Waals surface area contributed by atoms with Crippen LogP contribution >= 0.6 is 0 Å². The molecule has 0 aromatic heterocycles. The molecule has 0 aliphatic carbocycles. The monoisotopic (exact) mass is 549 g/mol. The van der Waals surface area contributed by atoms with Crippen molar-refractivity contribution in [2.24, 2.45) is 0 Å². The second-order valence-corrected chi connectivity index (χ2v) is 10.6. The van der Waals surface area contributed by atoms with Crippen LogP contribution < -0.4 is 29.0 Å². The average molecular weight is 550 g/mol. The Morgan fingerprint density at radius 3 is 2.65 bits per heavy atom. The molecule has 6 rings (SSSR count). The molecule has 0 saturated carbocycles. The number of nitrogens with one attached hydrogen (secondary N) is 1. The van der Waals surface area contributed by atoms with E-state index < -0.39 is 12.1 Å². The molecule has 2 aromatic rings. The quantitative estimate of drug-likeness (QED) is 0.376. The van der Waals surface area contributed by atoms with Gasteiger partial charge in [0.1, 0.15) is 18.4 Å². The molecule has 0 spiro atoms. The fourth-order valence-corrected chi connectivity index (χ4v) is 7.17. The minimum atomic E-state index is -0.495. The van der Waals surface area contributed by atoms with Crippen LogP contribution in [0.4, 0.5) is 0 Å². The first-order valence-corrected chi connectivity index (χ1v) is 13.5. The molecule has 2 aromatic carbocycles. The molecule has 1 saturated heterocycles. The Morgan fingerprint density at radius 2 is 1.95 bits per heavy atom. The van der Waals surface area contributed by atoms with Gasteiger partial charge in [0.25, 0.3) is 0 Å². The van der Waals surface area contributed by atoms with Crippen molar-refractivity contribution in [2.45, 2.75) is 56.9 Å². The van der Waals surface area contributed by atoms with E-state index in [1.165, 1.54) is 0 Å². The van der Waals surface area contributed by atoms with Gasteiger partial charge in [0.2, 0.25) is 6.79 Å². The molecule has 4 aliphatic rings. The Labute approximate surface area is 234 Å². The van der Waals surface area contributed by atoms with Crippen molar-refractivity contribution in [1.29, 1.82) is 5.26 Å². The molecular formula is C30H35N3O7. The van der Waals surface area contributed by atoms with Crippen LogP contribution in [0.25, 0.3) is 0 Å². The first-order valence-electron chi connectivity index (χ1n) is 13.5. The minimum Gasteiger partial charge on any atom is -0.493 e. The molecule has 2 bridgehead atoms. The van der Waals surface area contributed by atoms with Crippen LogP contribution in [0.15, 0.2) is 18.7 Å². The van der Waals surface area contributed by atoms with Crippen LogP contribution in [0.1, 0.15) is 45.5 Å². The van der Waals surface area contributed by atoms with Crippen molar-refractivity contribution in [1.82, 2.24) is 10.2 Å². The molecule has 2 N–H and O–H groups in total. The standard InChI is InChI=1S/C30H35N3O7/c1-6-7-37-27-16(3)28-30(40-14-39-28)24-18(27)10-20-25-23-17(8-15(2)26(36-5)29(23)38-13-35-4)9-19(32-25)21(11-31)33(20)22(24)12-34/h6,8,19-22,25,32,34H,1,7,9-10,12-14H2,2-5H3/t19-,20?,21+,22+,25-/m1/s1. The van der Waals surface area contributed by atoms with Gasteiger partial charge in [-0.15, -0.1) is 0 Å². The van der Waals surface area contributed by atoms with Gasteiger partial charge in [-0.2, -0.15) is 5.26 Å². The van der Waals surface area contributed by atoms with Gasteiger partial charge in [-0.1, -0.05) is 18.7 Å². The average Bonchev–Trinajstić information content (AvgIpc) is 3.45. The molecule has 10 heteroatoms. The number of aryl methyl sites for hydroxylation is 1. The van der Waals surface area contributed by atoms with E-state index in [9.17, 15) is 10.4 Å². The second-order valence-electron chi connectivity index (χ2n) is 10.6. The van der Waals surface area contributed by atoms with E-state index >= 15 is 0 Å². The summed E-state index contributed by atoms with van der Waals surface area (Å²) in [5, 5.41) is 25.2. The van der Waals surface area contributed by atoms with Gasteiger partial charge in [-0.25, -0.2) is 0 Å². The fraction of sp³-hybridized carbons (Fsp3) is 0.500. The number of hydrogen-bond acceptors (Lipinski definition) is 10. The lowest BCUT2D eigenvalue weighted by molar-refractivity contribution is -0.0218. The van der Waals surface area contributed by atoms with Gasteiger partial charge in [0.15, 0.2) is 29.8 Å². The Balaban J connectivity index is 1.57. The number of hydrogen-bond donors (Lipinski definition) is 2. The molecule has 10 nitrogen and oxygen atoms in total.